The van der Waals surface area contributed by atoms with Crippen LogP contribution in [0.5, 0.6) is 63.2 Å². The van der Waals surface area contributed by atoms with Gasteiger partial charge in [0.2, 0.25) is 6.79 Å². The number of phenols is 3. The van der Waals surface area contributed by atoms with Gasteiger partial charge in [-0.3, -0.25) is 14.4 Å². The lowest BCUT2D eigenvalue weighted by Crippen LogP contribution is -2.26. The average Bonchev–Trinajstić information content (AvgIpc) is 0.841. The van der Waals surface area contributed by atoms with Crippen LogP contribution in [0.15, 0.2) is 91.0 Å². The molecular formula is C80H103NO20S. The molecule has 0 aliphatic rings. The lowest BCUT2D eigenvalue weighted by Gasteiger charge is -2.18. The summed E-state index contributed by atoms with van der Waals surface area (Å²) in [6, 6.07) is 23.4. The highest BCUT2D eigenvalue weighted by Crippen LogP contribution is 2.38. The molecule has 0 unspecified atom stereocenters. The smallest absolute Gasteiger partial charge is 0.341 e. The molecule has 22 heteroatoms. The third-order valence-corrected chi connectivity index (χ3v) is 17.1. The Hall–Kier alpha value is -9.15. The predicted molar refractivity (Wildman–Crippen MR) is 392 cm³/mol. The molecule has 5 N–H and O–H groups in total. The molecule has 0 bridgehead atoms. The van der Waals surface area contributed by atoms with Crippen LogP contribution in [0.2, 0.25) is 0 Å². The summed E-state index contributed by atoms with van der Waals surface area (Å²) in [5.41, 5.74) is 1.82. The lowest BCUT2D eigenvalue weighted by atomic mass is 9.87. The Labute approximate surface area is 604 Å². The summed E-state index contributed by atoms with van der Waals surface area (Å²) in [6.45, 7) is 24.1. The summed E-state index contributed by atoms with van der Waals surface area (Å²) in [4.78, 5) is 78.3. The van der Waals surface area contributed by atoms with Crippen molar-refractivity contribution in [1.29, 1.82) is 0 Å². The van der Waals surface area contributed by atoms with Gasteiger partial charge in [0.1, 0.15) is 60.1 Å². The summed E-state index contributed by atoms with van der Waals surface area (Å²) in [5.74, 6) is 0.256. The highest BCUT2D eigenvalue weighted by molar-refractivity contribution is 7.99. The molecule has 6 rings (SSSR count). The number of Topliss-reactive ketones (excluding diaryl/α,β-unsaturated/α-hetero) is 3. The van der Waals surface area contributed by atoms with Crippen LogP contribution >= 0.6 is 11.8 Å². The number of aromatic hydroxyl groups is 3. The number of carbonyl (C=O) groups is 6. The van der Waals surface area contributed by atoms with Gasteiger partial charge in [0.25, 0.3) is 0 Å². The first kappa shape index (κ1) is 81.8. The number of carboxylic acids is 1. The molecule has 21 nitrogen and oxygen atoms in total. The molecule has 6 aromatic rings. The Morgan fingerprint density at radius 2 is 0.794 bits per heavy atom. The first-order valence-electron chi connectivity index (χ1n) is 34.6. The maximum Gasteiger partial charge on any atom is 0.341 e. The largest absolute Gasteiger partial charge is 0.507 e. The summed E-state index contributed by atoms with van der Waals surface area (Å²) in [6.07, 6.45) is 7.47. The van der Waals surface area contributed by atoms with Crippen LogP contribution in [0.1, 0.15) is 211 Å². The van der Waals surface area contributed by atoms with Crippen LogP contribution in [0.25, 0.3) is 0 Å². The molecule has 6 aromatic carbocycles. The van der Waals surface area contributed by atoms with E-state index in [1.807, 2.05) is 62.3 Å². The van der Waals surface area contributed by atoms with E-state index in [4.69, 9.17) is 47.4 Å². The van der Waals surface area contributed by atoms with Gasteiger partial charge in [0.05, 0.1) is 66.9 Å². The molecule has 0 saturated carbocycles. The number of hydrogen-bond donors (Lipinski definition) is 5. The van der Waals surface area contributed by atoms with E-state index in [2.05, 4.69) is 5.32 Å². The minimum atomic E-state index is -1.26. The van der Waals surface area contributed by atoms with E-state index in [0.29, 0.717) is 95.3 Å². The van der Waals surface area contributed by atoms with Gasteiger partial charge in [0.15, 0.2) is 40.3 Å². The van der Waals surface area contributed by atoms with Crippen molar-refractivity contribution in [2.24, 2.45) is 16.2 Å². The van der Waals surface area contributed by atoms with Gasteiger partial charge in [-0.1, -0.05) is 100 Å². The molecule has 0 amide bonds. The predicted octanol–water partition coefficient (Wildman–Crippen LogP) is 16.3. The Bertz CT molecular complexity index is 3820. The second-order valence-electron chi connectivity index (χ2n) is 28.5. The van der Waals surface area contributed by atoms with Crippen molar-refractivity contribution in [3.8, 4) is 63.2 Å². The number of methoxy groups -OCH3 is 1. The van der Waals surface area contributed by atoms with E-state index >= 15 is 0 Å². The van der Waals surface area contributed by atoms with Gasteiger partial charge in [-0.25, -0.2) is 14.4 Å². The fraction of sp³-hybridized carbons (Fsp3) is 0.475. The topological polar surface area (TPSA) is 288 Å². The maximum absolute atomic E-state index is 13.9. The zero-order valence-electron chi connectivity index (χ0n) is 61.4. The minimum Gasteiger partial charge on any atom is -0.507 e. The van der Waals surface area contributed by atoms with Crippen molar-refractivity contribution >= 4 is 47.0 Å². The van der Waals surface area contributed by atoms with Crippen molar-refractivity contribution in [2.75, 3.05) is 78.1 Å². The molecule has 0 heterocycles. The van der Waals surface area contributed by atoms with Gasteiger partial charge < -0.3 is 73.1 Å². The standard InChI is InChI=1S/C80H103NO20S/c1-51-64(31-26-57(72(51)85)61(82)46-78(4,5)6)93-36-19-17-15-14-16-18-20-37-94-70-44-55(24-29-68(70)92-13)77(91)101-50-100-69-30-25-54(45-71(69)96-39-35-81-34-38-95-65-32-27-58(73(86)52(65)2)62(83)47-79(7,8)9)76(90)99-49-60-56(75(88)89)22-21-23-67(60)98-41-43-102-42-40-97-66-33-28-59(74(87)53(66)3)63(84)48-80(10,11)12/h21-33,44-45,81,85-87H,14-20,34-43,46-50H2,1-13H3,(H,88,89). The number of rotatable bonds is 43. The third kappa shape index (κ3) is 26.0. The summed E-state index contributed by atoms with van der Waals surface area (Å²) in [5, 5.41) is 45.8. The van der Waals surface area contributed by atoms with Crippen molar-refractivity contribution in [3.63, 3.8) is 0 Å². The molecule has 0 spiro atoms. The fourth-order valence-corrected chi connectivity index (χ4v) is 11.4. The summed E-state index contributed by atoms with van der Waals surface area (Å²) in [7, 11) is 1.51. The van der Waals surface area contributed by atoms with Crippen LogP contribution in [-0.2, 0) is 16.1 Å². The number of carboxylic acid groups (broad SMARTS) is 1. The third-order valence-electron chi connectivity index (χ3n) is 16.2. The molecule has 0 fully saturated rings. The zero-order chi connectivity index (χ0) is 74.7. The van der Waals surface area contributed by atoms with Crippen molar-refractivity contribution in [3.05, 3.63) is 147 Å². The number of ether oxygens (including phenoxy) is 10. The number of phenolic OH excluding ortho intramolecular Hbond substituents is 3. The fourth-order valence-electron chi connectivity index (χ4n) is 10.8. The number of thioether (sulfide) groups is 1. The number of ketones is 3. The highest BCUT2D eigenvalue weighted by Gasteiger charge is 2.26. The van der Waals surface area contributed by atoms with Gasteiger partial charge in [-0.15, -0.1) is 0 Å². The van der Waals surface area contributed by atoms with Gasteiger partial charge in [-0.05, 0) is 135 Å². The molecule has 0 radical (unpaired) electrons. The SMILES string of the molecule is COc1ccc(C(=O)OCOc2ccc(C(=O)OCc3c(OCCSCCOc4ccc(C(=O)CC(C)(C)C)c(O)c4C)cccc3C(=O)O)cc2OCCNCCOc2ccc(C(=O)CC(C)(C)C)c(O)c2C)cc1OCCCCCCCCCOc1ccc(C(=O)CC(C)(C)C)c(O)c1C. The van der Waals surface area contributed by atoms with Crippen LogP contribution in [0.3, 0.4) is 0 Å². The van der Waals surface area contributed by atoms with Crippen LogP contribution in [-0.4, -0.2) is 134 Å². The van der Waals surface area contributed by atoms with E-state index in [-0.39, 0.29) is 141 Å². The monoisotopic (exact) mass is 1430 g/mol. The average molecular weight is 1430 g/mol. The van der Waals surface area contributed by atoms with Gasteiger partial charge >= 0.3 is 17.9 Å². The van der Waals surface area contributed by atoms with Crippen molar-refractivity contribution < 1.29 is 96.6 Å². The maximum atomic E-state index is 13.9. The number of nitrogens with one attached hydrogen (secondary N) is 1. The zero-order valence-corrected chi connectivity index (χ0v) is 62.3. The highest BCUT2D eigenvalue weighted by atomic mass is 32.2. The van der Waals surface area contributed by atoms with Crippen LogP contribution in [0.4, 0.5) is 0 Å². The lowest BCUT2D eigenvalue weighted by molar-refractivity contribution is 0.0144. The number of aromatic carboxylic acids is 1. The summed E-state index contributed by atoms with van der Waals surface area (Å²) >= 11 is 1.52. The normalized spacial score (nSPS) is 11.5. The van der Waals surface area contributed by atoms with E-state index in [0.717, 1.165) is 44.9 Å². The second-order valence-corrected chi connectivity index (χ2v) is 29.8. The molecule has 554 valence electrons. The van der Waals surface area contributed by atoms with Gasteiger partial charge in [0, 0.05) is 66.1 Å². The number of esters is 2. The first-order valence-corrected chi connectivity index (χ1v) is 35.8. The molecular weight excluding hydrogens is 1330 g/mol. The van der Waals surface area contributed by atoms with E-state index in [1.165, 1.54) is 55.3 Å². The Morgan fingerprint density at radius 3 is 1.25 bits per heavy atom. The summed E-state index contributed by atoms with van der Waals surface area (Å²) < 4.78 is 59.0. The van der Waals surface area contributed by atoms with Crippen molar-refractivity contribution in [2.45, 2.75) is 154 Å². The van der Waals surface area contributed by atoms with Crippen molar-refractivity contribution in [1.82, 2.24) is 5.32 Å². The Morgan fingerprint density at radius 1 is 0.412 bits per heavy atom. The van der Waals surface area contributed by atoms with Gasteiger partial charge in [-0.2, -0.15) is 11.8 Å². The number of unbranched alkanes of at least 4 members (excludes halogenated alkanes) is 6. The molecule has 0 aromatic heterocycles. The minimum absolute atomic E-state index is 0.0249. The molecule has 0 aliphatic carbocycles. The number of benzene rings is 6. The van der Waals surface area contributed by atoms with E-state index < -0.39 is 31.3 Å². The van der Waals surface area contributed by atoms with Crippen LogP contribution in [0, 0.1) is 37.0 Å². The second kappa shape index (κ2) is 39.3. The number of hydrogen-bond acceptors (Lipinski definition) is 21. The molecule has 0 atom stereocenters. The molecule has 102 heavy (non-hydrogen) atoms. The van der Waals surface area contributed by atoms with E-state index in [9.17, 15) is 49.2 Å². The first-order chi connectivity index (χ1) is 48.4. The van der Waals surface area contributed by atoms with E-state index in [1.54, 1.807) is 75.4 Å². The Balaban J connectivity index is 1.01. The molecule has 0 saturated heterocycles. The quantitative estimate of drug-likeness (QED) is 0.0103. The van der Waals surface area contributed by atoms with Crippen LogP contribution < -0.4 is 43.2 Å². The number of carbonyl (C=O) groups excluding carboxylic acids is 5. The molecule has 0 aliphatic heterocycles. The Kier molecular flexibility index (Phi) is 31.5.